The smallest absolute Gasteiger partial charge is 0.218 e. The molecule has 0 spiro atoms. The molecule has 0 saturated carbocycles. The summed E-state index contributed by atoms with van der Waals surface area (Å²) in [6, 6.07) is 7.01. The zero-order valence-electron chi connectivity index (χ0n) is 7.69. The number of benzene rings is 1. The van der Waals surface area contributed by atoms with Gasteiger partial charge in [-0.25, -0.2) is 0 Å². The van der Waals surface area contributed by atoms with Crippen molar-refractivity contribution in [2.75, 3.05) is 0 Å². The minimum atomic E-state index is -2.65. The van der Waals surface area contributed by atoms with Gasteiger partial charge in [0.25, 0.3) is 0 Å². The van der Waals surface area contributed by atoms with E-state index in [0.29, 0.717) is 5.30 Å². The molecule has 0 aliphatic heterocycles. The number of allylic oxidation sites excluding steroid dienone is 1. The van der Waals surface area contributed by atoms with Gasteiger partial charge in [-0.15, -0.1) is 0 Å². The molecule has 1 atom stereocenters. The summed E-state index contributed by atoms with van der Waals surface area (Å²) in [5, 5.41) is 8.76. The minimum Gasteiger partial charge on any atom is -0.343 e. The van der Waals surface area contributed by atoms with Crippen molar-refractivity contribution in [3.63, 3.8) is 0 Å². The van der Waals surface area contributed by atoms with Gasteiger partial charge in [-0.1, -0.05) is 6.07 Å². The Kier molecular flexibility index (Phi) is 3.64. The van der Waals surface area contributed by atoms with Gasteiger partial charge in [0.1, 0.15) is 0 Å². The molecule has 0 aromatic heterocycles. The highest BCUT2D eigenvalue weighted by Crippen LogP contribution is 2.16. The van der Waals surface area contributed by atoms with Gasteiger partial charge in [-0.05, 0) is 36.3 Å². The molecule has 0 saturated heterocycles. The largest absolute Gasteiger partial charge is 0.343 e. The summed E-state index contributed by atoms with van der Waals surface area (Å²) >= 11 is 0. The second-order valence-corrected chi connectivity index (χ2v) is 4.09. The van der Waals surface area contributed by atoms with Crippen molar-refractivity contribution < 1.29 is 9.46 Å². The molecule has 1 rings (SSSR count). The van der Waals surface area contributed by atoms with Crippen LogP contribution in [0, 0.1) is 18.3 Å². The Bertz CT molecular complexity index is 432. The number of hydrogen-bond acceptors (Lipinski definition) is 2. The first-order chi connectivity index (χ1) is 6.63. The van der Waals surface area contributed by atoms with Gasteiger partial charge in [0.2, 0.25) is 8.03 Å². The SMILES string of the molecule is Cc1cc(/C=C/C#N)cc([PH](=O)O)c1. The molecule has 0 aliphatic carbocycles. The van der Waals surface area contributed by atoms with Crippen LogP contribution in [0.25, 0.3) is 6.08 Å². The van der Waals surface area contributed by atoms with E-state index in [1.54, 1.807) is 18.2 Å². The van der Waals surface area contributed by atoms with Gasteiger partial charge in [0.15, 0.2) is 0 Å². The molecule has 3 nitrogen and oxygen atoms in total. The first kappa shape index (κ1) is 10.7. The van der Waals surface area contributed by atoms with Gasteiger partial charge in [-0.3, -0.25) is 4.57 Å². The van der Waals surface area contributed by atoms with Crippen molar-refractivity contribution in [2.24, 2.45) is 0 Å². The van der Waals surface area contributed by atoms with Crippen molar-refractivity contribution >= 4 is 19.4 Å². The van der Waals surface area contributed by atoms with Crippen molar-refractivity contribution in [1.29, 1.82) is 5.26 Å². The average molecular weight is 207 g/mol. The molecule has 0 aliphatic rings. The lowest BCUT2D eigenvalue weighted by Crippen LogP contribution is -1.97. The van der Waals surface area contributed by atoms with Crippen LogP contribution in [0.15, 0.2) is 24.3 Å². The Morgan fingerprint density at radius 1 is 1.50 bits per heavy atom. The highest BCUT2D eigenvalue weighted by atomic mass is 31.1. The van der Waals surface area contributed by atoms with Crippen molar-refractivity contribution in [3.8, 4) is 6.07 Å². The fourth-order valence-electron chi connectivity index (χ4n) is 1.17. The summed E-state index contributed by atoms with van der Waals surface area (Å²) in [6.45, 7) is 1.85. The molecule has 0 bridgehead atoms. The summed E-state index contributed by atoms with van der Waals surface area (Å²) in [7, 11) is -2.65. The molecular formula is C10H10NO2P. The fourth-order valence-corrected chi connectivity index (χ4v) is 1.81. The number of nitriles is 1. The van der Waals surface area contributed by atoms with E-state index < -0.39 is 8.03 Å². The second-order valence-electron chi connectivity index (χ2n) is 2.90. The van der Waals surface area contributed by atoms with Gasteiger partial charge < -0.3 is 4.89 Å². The third-order valence-electron chi connectivity index (χ3n) is 1.70. The van der Waals surface area contributed by atoms with Gasteiger partial charge in [0, 0.05) is 11.4 Å². The number of rotatable bonds is 2. The molecule has 4 heteroatoms. The lowest BCUT2D eigenvalue weighted by molar-refractivity contribution is 0.513. The normalized spacial score (nSPS) is 12.6. The van der Waals surface area contributed by atoms with Crippen LogP contribution in [0.3, 0.4) is 0 Å². The molecular weight excluding hydrogens is 197 g/mol. The molecule has 72 valence electrons. The Labute approximate surface area is 83.2 Å². The maximum atomic E-state index is 10.9. The monoisotopic (exact) mass is 207 g/mol. The minimum absolute atomic E-state index is 0.424. The van der Waals surface area contributed by atoms with Gasteiger partial charge >= 0.3 is 0 Å². The lowest BCUT2D eigenvalue weighted by Gasteiger charge is -2.00. The number of nitrogens with zero attached hydrogens (tertiary/aromatic N) is 1. The van der Waals surface area contributed by atoms with Crippen LogP contribution in [0.4, 0.5) is 0 Å². The van der Waals surface area contributed by atoms with Crippen LogP contribution >= 0.6 is 8.03 Å². The summed E-state index contributed by atoms with van der Waals surface area (Å²) in [4.78, 5) is 8.96. The highest BCUT2D eigenvalue weighted by Gasteiger charge is 2.00. The van der Waals surface area contributed by atoms with E-state index in [0.717, 1.165) is 11.1 Å². The van der Waals surface area contributed by atoms with Crippen LogP contribution in [0.1, 0.15) is 11.1 Å². The molecule has 0 amide bonds. The second kappa shape index (κ2) is 4.76. The standard InChI is InChI=1S/C10H10NO2P/c1-8-5-9(3-2-4-11)7-10(6-8)14(12)13/h2-3,5-7,14H,1H3,(H,12,13)/b3-2+. The third-order valence-corrected chi connectivity index (χ3v) is 2.48. The van der Waals surface area contributed by atoms with E-state index in [1.807, 2.05) is 19.1 Å². The Morgan fingerprint density at radius 2 is 2.21 bits per heavy atom. The topological polar surface area (TPSA) is 61.1 Å². The van der Waals surface area contributed by atoms with Gasteiger partial charge in [0.05, 0.1) is 6.07 Å². The molecule has 0 fully saturated rings. The van der Waals surface area contributed by atoms with Crippen LogP contribution in [0.2, 0.25) is 0 Å². The number of aryl methyl sites for hydroxylation is 1. The maximum Gasteiger partial charge on any atom is 0.218 e. The van der Waals surface area contributed by atoms with E-state index in [1.165, 1.54) is 6.08 Å². The quantitative estimate of drug-likeness (QED) is 0.592. The number of hydrogen-bond donors (Lipinski definition) is 1. The van der Waals surface area contributed by atoms with E-state index in [2.05, 4.69) is 0 Å². The summed E-state index contributed by atoms with van der Waals surface area (Å²) in [5.74, 6) is 0. The average Bonchev–Trinajstić information content (AvgIpc) is 2.14. The maximum absolute atomic E-state index is 10.9. The fraction of sp³-hybridized carbons (Fsp3) is 0.100. The molecule has 14 heavy (non-hydrogen) atoms. The lowest BCUT2D eigenvalue weighted by atomic mass is 10.1. The van der Waals surface area contributed by atoms with Crippen LogP contribution in [-0.4, -0.2) is 4.89 Å². The Hall–Kier alpha value is -1.36. The molecule has 1 aromatic carbocycles. The first-order valence-electron chi connectivity index (χ1n) is 4.04. The molecule has 1 N–H and O–H groups in total. The van der Waals surface area contributed by atoms with Crippen LogP contribution in [0.5, 0.6) is 0 Å². The van der Waals surface area contributed by atoms with E-state index in [4.69, 9.17) is 10.2 Å². The highest BCUT2D eigenvalue weighted by molar-refractivity contribution is 7.47. The van der Waals surface area contributed by atoms with Gasteiger partial charge in [-0.2, -0.15) is 5.26 Å². The summed E-state index contributed by atoms with van der Waals surface area (Å²) in [5.41, 5.74) is 1.68. The molecule has 0 heterocycles. The zero-order chi connectivity index (χ0) is 10.6. The van der Waals surface area contributed by atoms with Crippen molar-refractivity contribution in [3.05, 3.63) is 35.4 Å². The van der Waals surface area contributed by atoms with Crippen LogP contribution in [-0.2, 0) is 4.57 Å². The Balaban J connectivity index is 3.15. The molecule has 1 unspecified atom stereocenters. The van der Waals surface area contributed by atoms with Crippen molar-refractivity contribution in [1.82, 2.24) is 0 Å². The van der Waals surface area contributed by atoms with E-state index >= 15 is 0 Å². The predicted molar refractivity (Wildman–Crippen MR) is 56.7 cm³/mol. The molecule has 0 radical (unpaired) electrons. The zero-order valence-corrected chi connectivity index (χ0v) is 8.69. The first-order valence-corrected chi connectivity index (χ1v) is 5.40. The summed E-state index contributed by atoms with van der Waals surface area (Å²) < 4.78 is 10.9. The van der Waals surface area contributed by atoms with E-state index in [-0.39, 0.29) is 0 Å². The van der Waals surface area contributed by atoms with E-state index in [9.17, 15) is 4.57 Å². The third kappa shape index (κ3) is 2.85. The predicted octanol–water partition coefficient (Wildman–Crippen LogP) is 1.62. The molecule has 1 aromatic rings. The summed E-state index contributed by atoms with van der Waals surface area (Å²) in [6.07, 6.45) is 2.95. The Morgan fingerprint density at radius 3 is 2.79 bits per heavy atom. The van der Waals surface area contributed by atoms with Crippen LogP contribution < -0.4 is 5.30 Å². The van der Waals surface area contributed by atoms with Crippen molar-refractivity contribution in [2.45, 2.75) is 6.92 Å².